The van der Waals surface area contributed by atoms with E-state index < -0.39 is 17.5 Å². The fourth-order valence-electron chi connectivity index (χ4n) is 8.00. The van der Waals surface area contributed by atoms with Crippen molar-refractivity contribution >= 4 is 28.5 Å². The van der Waals surface area contributed by atoms with Crippen molar-refractivity contribution in [3.8, 4) is 17.2 Å². The molecule has 8 nitrogen and oxygen atoms in total. The molecule has 1 saturated heterocycles. The second kappa shape index (κ2) is 14.1. The largest absolute Gasteiger partial charge is 0.444 e. The van der Waals surface area contributed by atoms with Gasteiger partial charge in [0.1, 0.15) is 17.5 Å². The normalized spacial score (nSPS) is 19.0. The van der Waals surface area contributed by atoms with Gasteiger partial charge in [0.2, 0.25) is 5.95 Å². The number of benzene rings is 2. The number of nitrogens with one attached hydrogen (secondary N) is 1. The highest BCUT2D eigenvalue weighted by molar-refractivity contribution is 5.99. The molecule has 3 aromatic rings. The first-order valence-electron chi connectivity index (χ1n) is 18.0. The molecule has 0 spiro atoms. The molecular formula is C40H50FN5O3. The number of allylic oxidation sites excluding steroid dienone is 2. The van der Waals surface area contributed by atoms with Gasteiger partial charge in [-0.3, -0.25) is 5.32 Å². The standard InChI is InChI=1S/C40H50FN5O3/c1-8-27-35(36-32(41)15-13-26-14-16-33(28(19-42)34(26)36)44-39(47)49-40(5,6)7)31-22-48-21-30(31)29-20-43-38(45-37(27)29)46-18-17-25(24(46)4)12-10-9-11-23(2)3/h13,15,20,23-25H,8-12,14,16-18,21-22H2,1-7H3,(H,44,47)/t24-,25+/m1/s1. The summed E-state index contributed by atoms with van der Waals surface area (Å²) in [5, 5.41) is 14.3. The average molecular weight is 668 g/mol. The van der Waals surface area contributed by atoms with E-state index in [4.69, 9.17) is 19.4 Å². The maximum absolute atomic E-state index is 16.4. The molecule has 2 atom stereocenters. The van der Waals surface area contributed by atoms with Crippen LogP contribution in [0, 0.1) is 29.0 Å². The van der Waals surface area contributed by atoms with Crippen molar-refractivity contribution in [3.63, 3.8) is 0 Å². The van der Waals surface area contributed by atoms with Crippen molar-refractivity contribution in [2.24, 2.45) is 11.8 Å². The van der Waals surface area contributed by atoms with Gasteiger partial charge in [0.25, 0.3) is 0 Å². The zero-order valence-electron chi connectivity index (χ0n) is 30.1. The molecule has 2 aromatic carbocycles. The van der Waals surface area contributed by atoms with Crippen LogP contribution in [0.3, 0.4) is 0 Å². The maximum Gasteiger partial charge on any atom is 0.411 e. The molecule has 0 radical (unpaired) electrons. The van der Waals surface area contributed by atoms with Gasteiger partial charge in [-0.15, -0.1) is 0 Å². The predicted octanol–water partition coefficient (Wildman–Crippen LogP) is 9.17. The SMILES string of the molecule is CCc1c(-c2c(F)ccc3c2C(C#N)=C(NC(=O)OC(C)(C)C)CC3)c2c(c3cnc(N4CC[C@H](CCCCC(C)C)[C@H]4C)nc13)COC2. The van der Waals surface area contributed by atoms with Crippen molar-refractivity contribution in [2.45, 2.75) is 125 Å². The highest BCUT2D eigenvalue weighted by atomic mass is 19.1. The summed E-state index contributed by atoms with van der Waals surface area (Å²) in [6, 6.07) is 5.90. The zero-order chi connectivity index (χ0) is 35.0. The van der Waals surface area contributed by atoms with Crippen LogP contribution in [0.1, 0.15) is 115 Å². The van der Waals surface area contributed by atoms with Crippen LogP contribution in [0.25, 0.3) is 27.6 Å². The van der Waals surface area contributed by atoms with Gasteiger partial charge in [0.05, 0.1) is 24.3 Å². The molecule has 1 fully saturated rings. The highest BCUT2D eigenvalue weighted by Gasteiger charge is 2.35. The van der Waals surface area contributed by atoms with Gasteiger partial charge in [-0.05, 0) is 106 Å². The molecular weight excluding hydrogens is 617 g/mol. The molecule has 0 saturated carbocycles. The Morgan fingerprint density at radius 3 is 2.65 bits per heavy atom. The number of nitriles is 1. The Bertz CT molecular complexity index is 1840. The number of aryl methyl sites for hydroxylation is 2. The maximum atomic E-state index is 16.4. The van der Waals surface area contributed by atoms with E-state index in [1.54, 1.807) is 26.8 Å². The third-order valence-corrected chi connectivity index (χ3v) is 10.4. The van der Waals surface area contributed by atoms with E-state index in [-0.39, 0.29) is 5.57 Å². The molecule has 3 aliphatic rings. The number of rotatable bonds is 9. The predicted molar refractivity (Wildman–Crippen MR) is 191 cm³/mol. The Morgan fingerprint density at radius 2 is 1.94 bits per heavy atom. The number of carbonyl (C=O) groups excluding carboxylic acids is 1. The van der Waals surface area contributed by atoms with Crippen LogP contribution in [0.2, 0.25) is 0 Å². The lowest BCUT2D eigenvalue weighted by Crippen LogP contribution is -2.33. The van der Waals surface area contributed by atoms with Crippen molar-refractivity contribution in [1.29, 1.82) is 5.26 Å². The quantitative estimate of drug-likeness (QED) is 0.227. The van der Waals surface area contributed by atoms with Crippen LogP contribution in [-0.4, -0.2) is 34.2 Å². The molecule has 1 aromatic heterocycles. The van der Waals surface area contributed by atoms with Gasteiger partial charge in [-0.1, -0.05) is 46.1 Å². The second-order valence-electron chi connectivity index (χ2n) is 15.3. The number of fused-ring (bicyclic) bond motifs is 4. The summed E-state index contributed by atoms with van der Waals surface area (Å²) >= 11 is 0. The Labute approximate surface area is 290 Å². The van der Waals surface area contributed by atoms with Crippen molar-refractivity contribution in [1.82, 2.24) is 15.3 Å². The van der Waals surface area contributed by atoms with Crippen molar-refractivity contribution in [2.75, 3.05) is 11.4 Å². The molecule has 49 heavy (non-hydrogen) atoms. The zero-order valence-corrected chi connectivity index (χ0v) is 30.1. The third-order valence-electron chi connectivity index (χ3n) is 10.4. The second-order valence-corrected chi connectivity index (χ2v) is 15.3. The molecule has 6 rings (SSSR count). The number of nitrogens with zero attached hydrogens (tertiary/aromatic N) is 4. The molecule has 260 valence electrons. The lowest BCUT2D eigenvalue weighted by Gasteiger charge is -2.27. The number of anilines is 1. The Morgan fingerprint density at radius 1 is 1.16 bits per heavy atom. The molecule has 3 heterocycles. The van der Waals surface area contributed by atoms with E-state index >= 15 is 4.39 Å². The summed E-state index contributed by atoms with van der Waals surface area (Å²) < 4.78 is 28.0. The monoisotopic (exact) mass is 667 g/mol. The summed E-state index contributed by atoms with van der Waals surface area (Å²) in [4.78, 5) is 25.3. The first kappa shape index (κ1) is 34.8. The van der Waals surface area contributed by atoms with Crippen molar-refractivity contribution < 1.29 is 18.7 Å². The van der Waals surface area contributed by atoms with E-state index in [1.807, 2.05) is 6.20 Å². The first-order chi connectivity index (χ1) is 23.4. The third kappa shape index (κ3) is 6.90. The Balaban J connectivity index is 1.45. The summed E-state index contributed by atoms with van der Waals surface area (Å²) in [5.41, 5.74) is 6.08. The van der Waals surface area contributed by atoms with Crippen LogP contribution >= 0.6 is 0 Å². The number of alkyl carbamates (subject to hydrolysis) is 1. The highest BCUT2D eigenvalue weighted by Crippen LogP contribution is 2.47. The van der Waals surface area contributed by atoms with E-state index in [0.717, 1.165) is 57.6 Å². The lowest BCUT2D eigenvalue weighted by molar-refractivity contribution is 0.0544. The first-order valence-corrected chi connectivity index (χ1v) is 18.0. The summed E-state index contributed by atoms with van der Waals surface area (Å²) in [6.07, 6.45) is 8.99. The number of aromatic nitrogens is 2. The van der Waals surface area contributed by atoms with Crippen LogP contribution in [0.5, 0.6) is 0 Å². The van der Waals surface area contributed by atoms with Crippen LogP contribution in [0.4, 0.5) is 15.1 Å². The lowest BCUT2D eigenvalue weighted by atomic mass is 9.79. The molecule has 2 aliphatic heterocycles. The van der Waals surface area contributed by atoms with Gasteiger partial charge in [0.15, 0.2) is 0 Å². The van der Waals surface area contributed by atoms with Crippen LogP contribution in [0.15, 0.2) is 24.0 Å². The fourth-order valence-corrected chi connectivity index (χ4v) is 8.00. The molecule has 1 aliphatic carbocycles. The molecule has 0 unspecified atom stereocenters. The van der Waals surface area contributed by atoms with E-state index in [2.05, 4.69) is 44.0 Å². The average Bonchev–Trinajstić information content (AvgIpc) is 3.68. The minimum atomic E-state index is -0.703. The Hall–Kier alpha value is -4.03. The molecule has 1 N–H and O–H groups in total. The number of hydrogen-bond donors (Lipinski definition) is 1. The van der Waals surface area contributed by atoms with Gasteiger partial charge in [-0.25, -0.2) is 19.2 Å². The fraction of sp³-hybridized carbons (Fsp3) is 0.550. The van der Waals surface area contributed by atoms with Gasteiger partial charge >= 0.3 is 6.09 Å². The molecule has 1 amide bonds. The van der Waals surface area contributed by atoms with E-state index in [0.29, 0.717) is 67.2 Å². The molecule has 0 bridgehead atoms. The summed E-state index contributed by atoms with van der Waals surface area (Å²) in [5.74, 6) is 1.63. The van der Waals surface area contributed by atoms with E-state index in [1.165, 1.54) is 31.7 Å². The molecule has 9 heteroatoms. The van der Waals surface area contributed by atoms with Gasteiger partial charge in [-0.2, -0.15) is 5.26 Å². The summed E-state index contributed by atoms with van der Waals surface area (Å²) in [6.45, 7) is 15.9. The number of ether oxygens (including phenoxy) is 2. The number of carbonyl (C=O) groups is 1. The van der Waals surface area contributed by atoms with E-state index in [9.17, 15) is 10.1 Å². The minimum absolute atomic E-state index is 0.255. The number of halogens is 1. The topological polar surface area (TPSA) is 100 Å². The number of hydrogen-bond acceptors (Lipinski definition) is 7. The van der Waals surface area contributed by atoms with Crippen molar-refractivity contribution in [3.05, 3.63) is 57.7 Å². The number of amides is 1. The van der Waals surface area contributed by atoms with Gasteiger partial charge < -0.3 is 14.4 Å². The minimum Gasteiger partial charge on any atom is -0.444 e. The number of unbranched alkanes of at least 4 members (excludes halogenated alkanes) is 1. The summed E-state index contributed by atoms with van der Waals surface area (Å²) in [7, 11) is 0. The van der Waals surface area contributed by atoms with Gasteiger partial charge in [0, 0.05) is 41.0 Å². The smallest absolute Gasteiger partial charge is 0.411 e. The van der Waals surface area contributed by atoms with Crippen LogP contribution < -0.4 is 10.2 Å². The van der Waals surface area contributed by atoms with Crippen LogP contribution in [-0.2, 0) is 35.5 Å². The Kier molecular flexibility index (Phi) is 10.00.